The fraction of sp³-hybridized carbons (Fsp3) is 0.302. The normalized spacial score (nSPS) is 18.7. The molecule has 0 aliphatic carbocycles. The number of likely N-dealkylation sites (tertiary alicyclic amines) is 2. The maximum absolute atomic E-state index is 14.3. The molecule has 3 heterocycles. The van der Waals surface area contributed by atoms with E-state index in [0.717, 1.165) is 34.0 Å². The second-order valence-corrected chi connectivity index (χ2v) is 14.7. The predicted octanol–water partition coefficient (Wildman–Crippen LogP) is 6.13. The molecule has 5 aromatic rings. The number of aromatic nitrogens is 1. The molecule has 0 bridgehead atoms. The topological polar surface area (TPSA) is 115 Å². The van der Waals surface area contributed by atoms with E-state index in [1.807, 2.05) is 96.0 Å². The van der Waals surface area contributed by atoms with Gasteiger partial charge in [0, 0.05) is 60.9 Å². The first-order valence-corrected chi connectivity index (χ1v) is 18.7. The van der Waals surface area contributed by atoms with Crippen LogP contribution < -0.4 is 10.6 Å². The van der Waals surface area contributed by atoms with Crippen molar-refractivity contribution >= 4 is 46.1 Å². The van der Waals surface area contributed by atoms with Gasteiger partial charge in [0.25, 0.3) is 5.91 Å². The first-order valence-electron chi connectivity index (χ1n) is 18.3. The Morgan fingerprint density at radius 3 is 2.34 bits per heavy atom. The third-order valence-electron chi connectivity index (χ3n) is 10.8. The van der Waals surface area contributed by atoms with E-state index in [9.17, 15) is 19.2 Å². The summed E-state index contributed by atoms with van der Waals surface area (Å²) in [5, 5.41) is 7.30. The number of H-pyrrole nitrogens is 1. The van der Waals surface area contributed by atoms with Crippen molar-refractivity contribution in [3.05, 3.63) is 131 Å². The van der Waals surface area contributed by atoms with Crippen LogP contribution in [0.3, 0.4) is 0 Å². The zero-order chi connectivity index (χ0) is 36.9. The number of nitrogens with zero attached hydrogens (tertiary/aromatic N) is 2. The number of hydrogen-bond acceptors (Lipinski definition) is 4. The van der Waals surface area contributed by atoms with Crippen molar-refractivity contribution < 1.29 is 19.2 Å². The smallest absolute Gasteiger partial charge is 0.253 e. The first-order chi connectivity index (χ1) is 25.8. The summed E-state index contributed by atoms with van der Waals surface area (Å²) in [4.78, 5) is 62.2. The number of benzene rings is 4. The Morgan fingerprint density at radius 1 is 0.830 bits per heavy atom. The highest BCUT2D eigenvalue weighted by Gasteiger charge is 2.48. The minimum Gasteiger partial charge on any atom is -0.361 e. The molecule has 2 aliphatic rings. The Morgan fingerprint density at radius 2 is 1.57 bits per heavy atom. The molecule has 0 saturated carbocycles. The number of amides is 4. The van der Waals surface area contributed by atoms with E-state index in [2.05, 4.69) is 27.8 Å². The van der Waals surface area contributed by atoms with Crippen molar-refractivity contribution in [3.63, 3.8) is 0 Å². The Bertz CT molecular complexity index is 2100. The molecule has 53 heavy (non-hydrogen) atoms. The highest BCUT2D eigenvalue weighted by Crippen LogP contribution is 2.37. The molecule has 1 aromatic heterocycles. The number of carbonyl (C=O) groups excluding carboxylic acids is 4. The predicted molar refractivity (Wildman–Crippen MR) is 207 cm³/mol. The number of hydrogen-bond donors (Lipinski definition) is 3. The zero-order valence-electron chi connectivity index (χ0n) is 29.8. The molecular formula is C43H44ClN5O4. The lowest BCUT2D eigenvalue weighted by molar-refractivity contribution is -0.140. The van der Waals surface area contributed by atoms with Gasteiger partial charge >= 0.3 is 0 Å². The van der Waals surface area contributed by atoms with Crippen LogP contribution in [0.15, 0.2) is 109 Å². The highest BCUT2D eigenvalue weighted by molar-refractivity contribution is 6.31. The van der Waals surface area contributed by atoms with Crippen LogP contribution in [0.2, 0.25) is 5.02 Å². The van der Waals surface area contributed by atoms with E-state index < -0.39 is 12.0 Å². The molecule has 2 aliphatic heterocycles. The van der Waals surface area contributed by atoms with Crippen LogP contribution >= 0.6 is 11.6 Å². The fourth-order valence-corrected chi connectivity index (χ4v) is 8.20. The molecule has 272 valence electrons. The number of aryl methyl sites for hydroxylation is 1. The van der Waals surface area contributed by atoms with Crippen LogP contribution in [-0.4, -0.2) is 77.7 Å². The van der Waals surface area contributed by atoms with Crippen LogP contribution in [0, 0.1) is 17.8 Å². The number of likely N-dealkylation sites (N-methyl/N-ethyl adjacent to an activating group) is 1. The molecule has 2 saturated heterocycles. The molecule has 2 fully saturated rings. The Labute approximate surface area is 314 Å². The number of carbonyl (C=O) groups is 4. The number of nitrogens with one attached hydrogen (secondary N) is 3. The molecule has 7 rings (SSSR count). The van der Waals surface area contributed by atoms with Crippen molar-refractivity contribution in [2.75, 3.05) is 33.2 Å². The van der Waals surface area contributed by atoms with E-state index >= 15 is 0 Å². The minimum atomic E-state index is -0.723. The van der Waals surface area contributed by atoms with Gasteiger partial charge in [0.15, 0.2) is 0 Å². The number of halogens is 1. The van der Waals surface area contributed by atoms with E-state index in [-0.39, 0.29) is 48.4 Å². The maximum Gasteiger partial charge on any atom is 0.253 e. The minimum absolute atomic E-state index is 0.0943. The molecule has 4 amide bonds. The maximum atomic E-state index is 14.3. The summed E-state index contributed by atoms with van der Waals surface area (Å²) >= 11 is 6.20. The summed E-state index contributed by atoms with van der Waals surface area (Å²) in [7, 11) is 1.57. The highest BCUT2D eigenvalue weighted by atomic mass is 35.5. The summed E-state index contributed by atoms with van der Waals surface area (Å²) in [5.41, 5.74) is 5.43. The van der Waals surface area contributed by atoms with Gasteiger partial charge in [0.2, 0.25) is 17.7 Å². The van der Waals surface area contributed by atoms with Gasteiger partial charge in [-0.3, -0.25) is 19.2 Å². The van der Waals surface area contributed by atoms with Crippen molar-refractivity contribution in [2.24, 2.45) is 17.8 Å². The zero-order valence-corrected chi connectivity index (χ0v) is 30.5. The summed E-state index contributed by atoms with van der Waals surface area (Å²) in [6, 6.07) is 32.4. The molecule has 0 spiro atoms. The van der Waals surface area contributed by atoms with E-state index in [4.69, 9.17) is 11.6 Å². The average molecular weight is 730 g/mol. The lowest BCUT2D eigenvalue weighted by Crippen LogP contribution is -2.56. The van der Waals surface area contributed by atoms with Gasteiger partial charge in [-0.1, -0.05) is 90.5 Å². The van der Waals surface area contributed by atoms with E-state index in [1.165, 1.54) is 5.56 Å². The third kappa shape index (κ3) is 8.15. The summed E-state index contributed by atoms with van der Waals surface area (Å²) in [6.07, 6.45) is 3.95. The van der Waals surface area contributed by atoms with E-state index in [0.29, 0.717) is 43.1 Å². The van der Waals surface area contributed by atoms with Gasteiger partial charge in [0.05, 0.1) is 12.3 Å². The largest absolute Gasteiger partial charge is 0.361 e. The van der Waals surface area contributed by atoms with Gasteiger partial charge in [0.1, 0.15) is 6.04 Å². The summed E-state index contributed by atoms with van der Waals surface area (Å²) in [6.45, 7) is 1.45. The fourth-order valence-electron chi connectivity index (χ4n) is 8.02. The van der Waals surface area contributed by atoms with E-state index in [1.54, 1.807) is 18.0 Å². The number of rotatable bonds is 11. The molecular weight excluding hydrogens is 686 g/mol. The van der Waals surface area contributed by atoms with Gasteiger partial charge in [-0.25, -0.2) is 0 Å². The van der Waals surface area contributed by atoms with Crippen molar-refractivity contribution in [1.29, 1.82) is 0 Å². The summed E-state index contributed by atoms with van der Waals surface area (Å²) in [5.74, 6) is -1.61. The van der Waals surface area contributed by atoms with Crippen molar-refractivity contribution in [1.82, 2.24) is 25.4 Å². The monoisotopic (exact) mass is 729 g/mol. The Kier molecular flexibility index (Phi) is 10.9. The van der Waals surface area contributed by atoms with Crippen LogP contribution in [0.25, 0.3) is 22.0 Å². The second kappa shape index (κ2) is 16.1. The SMILES string of the molecule is CNC(=O)[C@H](CCCc1ccccc1)NC(=O)C1CN(C(=O)Cc2c[nH]c3cc(Cl)ccc23)CC2CN(C(=O)c3cccc(-c4ccccc4)c3)CC21. The Balaban J connectivity index is 1.11. The molecule has 9 nitrogen and oxygen atoms in total. The quantitative estimate of drug-likeness (QED) is 0.152. The Hall–Kier alpha value is -5.41. The van der Waals surface area contributed by atoms with Crippen LogP contribution in [0.4, 0.5) is 0 Å². The first kappa shape index (κ1) is 36.0. The van der Waals surface area contributed by atoms with Gasteiger partial charge in [-0.2, -0.15) is 0 Å². The number of aromatic amines is 1. The van der Waals surface area contributed by atoms with Crippen molar-refractivity contribution in [2.45, 2.75) is 31.7 Å². The average Bonchev–Trinajstić information content (AvgIpc) is 3.81. The molecule has 3 unspecified atom stereocenters. The van der Waals surface area contributed by atoms with Crippen LogP contribution in [0.5, 0.6) is 0 Å². The van der Waals surface area contributed by atoms with Gasteiger partial charge < -0.3 is 25.4 Å². The van der Waals surface area contributed by atoms with Crippen LogP contribution in [-0.2, 0) is 27.2 Å². The molecule has 3 N–H and O–H groups in total. The van der Waals surface area contributed by atoms with Crippen molar-refractivity contribution in [3.8, 4) is 11.1 Å². The molecule has 0 radical (unpaired) electrons. The number of piperidine rings is 1. The summed E-state index contributed by atoms with van der Waals surface area (Å²) < 4.78 is 0. The third-order valence-corrected chi connectivity index (χ3v) is 11.1. The lowest BCUT2D eigenvalue weighted by atomic mass is 9.79. The lowest BCUT2D eigenvalue weighted by Gasteiger charge is -2.40. The molecule has 4 aromatic carbocycles. The van der Waals surface area contributed by atoms with Gasteiger partial charge in [-0.05, 0) is 77.6 Å². The second-order valence-electron chi connectivity index (χ2n) is 14.2. The standard InChI is InChI=1S/C43H44ClN5O4/c1-45-42(52)38(17-8-12-28-10-4-2-5-11-28)47-41(51)37-27-48(40(50)21-32-23-46-39-22-34(44)18-19-35(32)39)24-33-25-49(26-36(33)37)43(53)31-16-9-15-30(20-31)29-13-6-3-7-14-29/h2-7,9-11,13-16,18-20,22-23,33,36-38,46H,8,12,17,21,24-27H2,1H3,(H,45,52)(H,47,51)/t33?,36?,37?,38-/m0/s1. The molecule has 10 heteroatoms. The van der Waals surface area contributed by atoms with Crippen LogP contribution in [0.1, 0.15) is 34.3 Å². The molecule has 4 atom stereocenters. The van der Waals surface area contributed by atoms with Gasteiger partial charge in [-0.15, -0.1) is 0 Å². The number of fused-ring (bicyclic) bond motifs is 2.